The topological polar surface area (TPSA) is 41.5 Å². The predicted molar refractivity (Wildman–Crippen MR) is 121 cm³/mol. The molecule has 0 unspecified atom stereocenters. The van der Waals surface area contributed by atoms with Gasteiger partial charge in [-0.1, -0.05) is 41.9 Å². The molecule has 0 bridgehead atoms. The molecule has 0 saturated carbocycles. The van der Waals surface area contributed by atoms with Crippen LogP contribution in [0.3, 0.4) is 0 Å². The molecule has 1 aliphatic heterocycles. The summed E-state index contributed by atoms with van der Waals surface area (Å²) in [7, 11) is 4.06. The van der Waals surface area contributed by atoms with Gasteiger partial charge in [0.05, 0.1) is 12.3 Å². The number of halogens is 1. The smallest absolute Gasteiger partial charge is 0.132 e. The van der Waals surface area contributed by atoms with Crippen molar-refractivity contribution in [1.82, 2.24) is 14.9 Å². The van der Waals surface area contributed by atoms with Crippen LogP contribution in [0, 0.1) is 0 Å². The first-order chi connectivity index (χ1) is 14.6. The Balaban J connectivity index is 1.47. The van der Waals surface area contributed by atoms with Gasteiger partial charge in [0.1, 0.15) is 11.9 Å². The molecule has 0 amide bonds. The minimum absolute atomic E-state index is 0.0376. The maximum absolute atomic E-state index is 6.33. The summed E-state index contributed by atoms with van der Waals surface area (Å²) in [6, 6.07) is 18.2. The van der Waals surface area contributed by atoms with Crippen molar-refractivity contribution < 1.29 is 4.74 Å². The van der Waals surface area contributed by atoms with Gasteiger partial charge in [0.2, 0.25) is 0 Å². The number of ether oxygens (including phenoxy) is 1. The van der Waals surface area contributed by atoms with E-state index in [0.717, 1.165) is 47.4 Å². The Bertz CT molecular complexity index is 994. The third kappa shape index (κ3) is 4.98. The summed E-state index contributed by atoms with van der Waals surface area (Å²) >= 11 is 6.33. The Morgan fingerprint density at radius 2 is 1.90 bits per heavy atom. The van der Waals surface area contributed by atoms with Crippen LogP contribution in [0.15, 0.2) is 60.8 Å². The van der Waals surface area contributed by atoms with Crippen LogP contribution in [0.25, 0.3) is 0 Å². The average molecular weight is 423 g/mol. The van der Waals surface area contributed by atoms with E-state index in [-0.39, 0.29) is 6.10 Å². The van der Waals surface area contributed by atoms with Crippen molar-refractivity contribution in [3.63, 3.8) is 0 Å². The fourth-order valence-electron chi connectivity index (χ4n) is 3.84. The Morgan fingerprint density at radius 3 is 2.73 bits per heavy atom. The van der Waals surface area contributed by atoms with Crippen molar-refractivity contribution in [2.75, 3.05) is 38.7 Å². The molecule has 0 N–H and O–H groups in total. The highest BCUT2D eigenvalue weighted by molar-refractivity contribution is 6.31. The van der Waals surface area contributed by atoms with Crippen molar-refractivity contribution in [2.45, 2.75) is 19.1 Å². The van der Waals surface area contributed by atoms with E-state index in [9.17, 15) is 0 Å². The van der Waals surface area contributed by atoms with Crippen LogP contribution in [-0.2, 0) is 17.7 Å². The molecule has 3 heterocycles. The summed E-state index contributed by atoms with van der Waals surface area (Å²) in [4.78, 5) is 13.9. The largest absolute Gasteiger partial charge is 0.369 e. The van der Waals surface area contributed by atoms with Crippen LogP contribution in [0.1, 0.15) is 28.6 Å². The Morgan fingerprint density at radius 1 is 1.07 bits per heavy atom. The highest BCUT2D eigenvalue weighted by Crippen LogP contribution is 2.25. The molecular formula is C24H27ClN4O. The molecule has 30 heavy (non-hydrogen) atoms. The molecule has 3 aromatic rings. The van der Waals surface area contributed by atoms with E-state index in [2.05, 4.69) is 33.0 Å². The summed E-state index contributed by atoms with van der Waals surface area (Å²) in [5.74, 6) is 1.01. The summed E-state index contributed by atoms with van der Waals surface area (Å²) < 4.78 is 6.08. The third-order valence-corrected chi connectivity index (χ3v) is 5.69. The van der Waals surface area contributed by atoms with Gasteiger partial charge in [-0.15, -0.1) is 0 Å². The number of morpholine rings is 1. The van der Waals surface area contributed by atoms with Gasteiger partial charge in [-0.2, -0.15) is 0 Å². The molecule has 4 rings (SSSR count). The van der Waals surface area contributed by atoms with Gasteiger partial charge in [-0.3, -0.25) is 9.88 Å². The average Bonchev–Trinajstić information content (AvgIpc) is 2.76. The summed E-state index contributed by atoms with van der Waals surface area (Å²) in [6.45, 7) is 3.25. The van der Waals surface area contributed by atoms with Crippen LogP contribution in [0.2, 0.25) is 5.02 Å². The first kappa shape index (κ1) is 20.8. The van der Waals surface area contributed by atoms with Crippen molar-refractivity contribution in [3.8, 4) is 0 Å². The van der Waals surface area contributed by atoms with Crippen molar-refractivity contribution in [3.05, 3.63) is 88.3 Å². The molecule has 0 radical (unpaired) electrons. The molecule has 1 fully saturated rings. The quantitative estimate of drug-likeness (QED) is 0.590. The van der Waals surface area contributed by atoms with Gasteiger partial charge < -0.3 is 9.64 Å². The Labute approximate surface area is 183 Å². The molecule has 0 spiro atoms. The first-order valence-electron chi connectivity index (χ1n) is 10.2. The second kappa shape index (κ2) is 9.56. The van der Waals surface area contributed by atoms with Crippen LogP contribution in [-0.4, -0.2) is 48.7 Å². The lowest BCUT2D eigenvalue weighted by atomic mass is 10.1. The SMILES string of the molecule is CN(C)c1ncccc1CN1CCO[C@@H](c2cccc(Cc3ccccc3Cl)n2)C1. The van der Waals surface area contributed by atoms with Crippen molar-refractivity contribution in [1.29, 1.82) is 0 Å². The summed E-state index contributed by atoms with van der Waals surface area (Å²) in [5, 5.41) is 0.776. The van der Waals surface area contributed by atoms with Crippen molar-refractivity contribution in [2.24, 2.45) is 0 Å². The molecule has 1 aromatic carbocycles. The maximum Gasteiger partial charge on any atom is 0.132 e. The zero-order chi connectivity index (χ0) is 20.9. The molecule has 2 aromatic heterocycles. The molecule has 0 aliphatic carbocycles. The lowest BCUT2D eigenvalue weighted by Gasteiger charge is -2.33. The van der Waals surface area contributed by atoms with Gasteiger partial charge in [-0.25, -0.2) is 4.98 Å². The molecule has 5 nitrogen and oxygen atoms in total. The zero-order valence-electron chi connectivity index (χ0n) is 17.5. The molecule has 156 valence electrons. The Hall–Kier alpha value is -2.47. The normalized spacial score (nSPS) is 17.1. The van der Waals surface area contributed by atoms with E-state index in [1.165, 1.54) is 5.56 Å². The van der Waals surface area contributed by atoms with Gasteiger partial charge in [-0.05, 0) is 29.8 Å². The zero-order valence-corrected chi connectivity index (χ0v) is 18.2. The third-order valence-electron chi connectivity index (χ3n) is 5.32. The Kier molecular flexibility index (Phi) is 6.62. The first-order valence-corrected chi connectivity index (χ1v) is 10.6. The molecule has 1 saturated heterocycles. The van der Waals surface area contributed by atoms with Crippen LogP contribution >= 0.6 is 11.6 Å². The number of pyridine rings is 2. The van der Waals surface area contributed by atoms with Crippen molar-refractivity contribution >= 4 is 17.4 Å². The number of anilines is 1. The second-order valence-corrected chi connectivity index (χ2v) is 8.20. The standard InChI is InChI=1S/C24H27ClN4O/c1-28(2)24-19(8-6-12-26-24)16-29-13-14-30-23(17-29)22-11-5-9-20(27-22)15-18-7-3-4-10-21(18)25/h3-12,23H,13-17H2,1-2H3/t23-/m1/s1. The summed E-state index contributed by atoms with van der Waals surface area (Å²) in [5.41, 5.74) is 4.29. The highest BCUT2D eigenvalue weighted by Gasteiger charge is 2.24. The number of rotatable bonds is 6. The van der Waals surface area contributed by atoms with Crippen LogP contribution in [0.4, 0.5) is 5.82 Å². The maximum atomic E-state index is 6.33. The monoisotopic (exact) mass is 422 g/mol. The predicted octanol–water partition coefficient (Wildman–Crippen LogP) is 4.36. The van der Waals surface area contributed by atoms with E-state index >= 15 is 0 Å². The number of aromatic nitrogens is 2. The molecule has 1 aliphatic rings. The van der Waals surface area contributed by atoms with E-state index in [1.54, 1.807) is 0 Å². The van der Waals surface area contributed by atoms with E-state index in [1.807, 2.05) is 56.7 Å². The number of benzene rings is 1. The fourth-order valence-corrected chi connectivity index (χ4v) is 4.04. The van der Waals surface area contributed by atoms with Gasteiger partial charge in [0.25, 0.3) is 0 Å². The van der Waals surface area contributed by atoms with Crippen LogP contribution in [0.5, 0.6) is 0 Å². The molecular weight excluding hydrogens is 396 g/mol. The number of hydrogen-bond donors (Lipinski definition) is 0. The van der Waals surface area contributed by atoms with Gasteiger partial charge in [0, 0.05) is 62.6 Å². The van der Waals surface area contributed by atoms with E-state index < -0.39 is 0 Å². The number of nitrogens with zero attached hydrogens (tertiary/aromatic N) is 4. The number of hydrogen-bond acceptors (Lipinski definition) is 5. The lowest BCUT2D eigenvalue weighted by molar-refractivity contribution is -0.0350. The van der Waals surface area contributed by atoms with Crippen LogP contribution < -0.4 is 4.90 Å². The van der Waals surface area contributed by atoms with E-state index in [4.69, 9.17) is 21.3 Å². The van der Waals surface area contributed by atoms with Gasteiger partial charge >= 0.3 is 0 Å². The van der Waals surface area contributed by atoms with E-state index in [0.29, 0.717) is 13.0 Å². The van der Waals surface area contributed by atoms with Gasteiger partial charge in [0.15, 0.2) is 0 Å². The molecule has 1 atom stereocenters. The second-order valence-electron chi connectivity index (χ2n) is 7.80. The molecule has 6 heteroatoms. The fraction of sp³-hybridized carbons (Fsp3) is 0.333. The highest BCUT2D eigenvalue weighted by atomic mass is 35.5. The lowest BCUT2D eigenvalue weighted by Crippen LogP contribution is -2.38. The summed E-state index contributed by atoms with van der Waals surface area (Å²) in [6.07, 6.45) is 2.52. The minimum atomic E-state index is -0.0376. The minimum Gasteiger partial charge on any atom is -0.369 e.